The SMILES string of the molecule is C=C[C@@H]1C[C@]1(CC(=O)[C@@H]1C[C@@H](Oc2nccc3cc(OC)ccc23)CN1C(=O)[C@@H](CC(=O)CC(C)(C)c1ccccc1)C(C)(C)C)C(=O)NS(=O)(=O)C1CC1. The van der Waals surface area contributed by atoms with Crippen LogP contribution < -0.4 is 14.2 Å². The lowest BCUT2D eigenvalue weighted by Crippen LogP contribution is -2.48. The van der Waals surface area contributed by atoms with Gasteiger partial charge in [0.05, 0.1) is 30.4 Å². The first-order valence-corrected chi connectivity index (χ1v) is 20.6. The molecule has 1 saturated heterocycles. The maximum absolute atomic E-state index is 14.8. The average Bonchev–Trinajstić information content (AvgIpc) is 4.06. The molecule has 2 saturated carbocycles. The second-order valence-electron chi connectivity index (χ2n) is 17.3. The summed E-state index contributed by atoms with van der Waals surface area (Å²) in [5.41, 5.74) is -1.37. The highest BCUT2D eigenvalue weighted by Crippen LogP contribution is 2.57. The van der Waals surface area contributed by atoms with Crippen molar-refractivity contribution in [3.05, 3.63) is 79.0 Å². The van der Waals surface area contributed by atoms with Gasteiger partial charge >= 0.3 is 0 Å². The Kier molecular flexibility index (Phi) is 11.1. The molecule has 1 aromatic heterocycles. The zero-order chi connectivity index (χ0) is 39.9. The Morgan fingerprint density at radius 3 is 2.38 bits per heavy atom. The molecule has 3 aliphatic rings. The number of nitrogens with one attached hydrogen (secondary N) is 1. The second kappa shape index (κ2) is 15.2. The number of sulfonamides is 1. The molecule has 6 rings (SSSR count). The first kappa shape index (κ1) is 40.1. The standard InChI is InChI=1S/C43H53N3O8S/c1-8-28-23-43(28,40(50)45-55(51,52)33-15-16-33)25-37(48)36-22-32(54-38-34-17-14-31(53-7)20-27(34)18-19-44-38)26-46(36)39(49)35(41(2,3)4)21-30(47)24-42(5,6)29-12-10-9-11-13-29/h8-14,17-20,28,32-33,35-36H,1,15-16,21-26H2,2-7H3,(H,45,50)/t28-,32-,35-,36+,43-/m1/s1. The van der Waals surface area contributed by atoms with Crippen LogP contribution in [-0.2, 0) is 34.6 Å². The van der Waals surface area contributed by atoms with Crippen molar-refractivity contribution < 1.29 is 37.1 Å². The number of hydrogen-bond donors (Lipinski definition) is 1. The van der Waals surface area contributed by atoms with Crippen LogP contribution in [-0.4, -0.2) is 72.7 Å². The molecule has 0 bridgehead atoms. The summed E-state index contributed by atoms with van der Waals surface area (Å²) in [6, 6.07) is 16.2. The van der Waals surface area contributed by atoms with Crippen LogP contribution in [0.1, 0.15) is 85.1 Å². The van der Waals surface area contributed by atoms with E-state index in [1.165, 1.54) is 4.90 Å². The van der Waals surface area contributed by atoms with Crippen molar-refractivity contribution in [3.63, 3.8) is 0 Å². The molecule has 294 valence electrons. The normalized spacial score (nSPS) is 23.2. The van der Waals surface area contributed by atoms with Gasteiger partial charge in [0.1, 0.15) is 17.6 Å². The summed E-state index contributed by atoms with van der Waals surface area (Å²) in [6.45, 7) is 13.7. The topological polar surface area (TPSA) is 149 Å². The summed E-state index contributed by atoms with van der Waals surface area (Å²) >= 11 is 0. The Morgan fingerprint density at radius 2 is 1.76 bits per heavy atom. The van der Waals surface area contributed by atoms with Crippen molar-refractivity contribution in [2.24, 2.45) is 22.7 Å². The molecule has 3 aromatic rings. The molecular weight excluding hydrogens is 719 g/mol. The maximum atomic E-state index is 14.8. The first-order chi connectivity index (χ1) is 25.9. The molecule has 2 amide bonds. The van der Waals surface area contributed by atoms with Crippen molar-refractivity contribution in [2.75, 3.05) is 13.7 Å². The minimum absolute atomic E-state index is 0.0157. The van der Waals surface area contributed by atoms with Crippen LogP contribution in [0.5, 0.6) is 11.6 Å². The lowest BCUT2D eigenvalue weighted by atomic mass is 9.73. The summed E-state index contributed by atoms with van der Waals surface area (Å²) < 4.78 is 39.7. The van der Waals surface area contributed by atoms with Gasteiger partial charge in [-0.25, -0.2) is 13.4 Å². The van der Waals surface area contributed by atoms with Crippen LogP contribution in [0.4, 0.5) is 0 Å². The average molecular weight is 772 g/mol. The van der Waals surface area contributed by atoms with Crippen molar-refractivity contribution >= 4 is 44.2 Å². The molecule has 0 unspecified atom stereocenters. The number of ketones is 2. The van der Waals surface area contributed by atoms with E-state index in [4.69, 9.17) is 9.47 Å². The number of benzene rings is 2. The summed E-state index contributed by atoms with van der Waals surface area (Å²) in [6.07, 6.45) is 3.88. The van der Waals surface area contributed by atoms with Crippen LogP contribution in [0.3, 0.4) is 0 Å². The van der Waals surface area contributed by atoms with Gasteiger partial charge in [-0.15, -0.1) is 6.58 Å². The van der Waals surface area contributed by atoms with Gasteiger partial charge in [0, 0.05) is 43.2 Å². The number of aromatic nitrogens is 1. The third-order valence-corrected chi connectivity index (χ3v) is 13.5. The van der Waals surface area contributed by atoms with Crippen LogP contribution in [0.15, 0.2) is 73.4 Å². The van der Waals surface area contributed by atoms with Gasteiger partial charge < -0.3 is 14.4 Å². The first-order valence-electron chi connectivity index (χ1n) is 19.1. The largest absolute Gasteiger partial charge is 0.497 e. The predicted molar refractivity (Wildman–Crippen MR) is 210 cm³/mol. The third-order valence-electron chi connectivity index (χ3n) is 11.7. The molecule has 0 spiro atoms. The Balaban J connectivity index is 1.28. The fourth-order valence-corrected chi connectivity index (χ4v) is 9.38. The number of hydrogen-bond acceptors (Lipinski definition) is 9. The van der Waals surface area contributed by atoms with E-state index < -0.39 is 61.4 Å². The smallest absolute Gasteiger partial charge is 0.240 e. The summed E-state index contributed by atoms with van der Waals surface area (Å²) in [4.78, 5) is 62.8. The number of methoxy groups -OCH3 is 1. The van der Waals surface area contributed by atoms with Gasteiger partial charge in [0.25, 0.3) is 0 Å². The number of carbonyl (C=O) groups is 4. The highest BCUT2D eigenvalue weighted by atomic mass is 32.2. The molecular formula is C43H53N3O8S. The summed E-state index contributed by atoms with van der Waals surface area (Å²) in [5, 5.41) is 0.963. The fourth-order valence-electron chi connectivity index (χ4n) is 8.00. The Morgan fingerprint density at radius 1 is 1.05 bits per heavy atom. The van der Waals surface area contributed by atoms with Crippen LogP contribution in [0, 0.1) is 22.7 Å². The molecule has 1 aliphatic heterocycles. The van der Waals surface area contributed by atoms with E-state index in [2.05, 4.69) is 16.3 Å². The molecule has 1 N–H and O–H groups in total. The zero-order valence-corrected chi connectivity index (χ0v) is 33.5. The fraction of sp³-hybridized carbons (Fsp3) is 0.512. The zero-order valence-electron chi connectivity index (χ0n) is 32.7. The van der Waals surface area contributed by atoms with Crippen LogP contribution >= 0.6 is 0 Å². The highest BCUT2D eigenvalue weighted by molar-refractivity contribution is 7.90. The Hall–Kier alpha value is -4.58. The number of fused-ring (bicyclic) bond motifs is 1. The van der Waals surface area contributed by atoms with Crippen molar-refractivity contribution in [3.8, 4) is 11.6 Å². The molecule has 55 heavy (non-hydrogen) atoms. The van der Waals surface area contributed by atoms with E-state index in [0.717, 1.165) is 16.3 Å². The molecule has 11 nitrogen and oxygen atoms in total. The van der Waals surface area contributed by atoms with Crippen LogP contribution in [0.25, 0.3) is 10.8 Å². The van der Waals surface area contributed by atoms with Gasteiger partial charge in [0.15, 0.2) is 5.78 Å². The molecule has 2 heterocycles. The molecule has 2 aromatic carbocycles. The van der Waals surface area contributed by atoms with Crippen molar-refractivity contribution in [1.29, 1.82) is 0 Å². The van der Waals surface area contributed by atoms with Gasteiger partial charge in [-0.05, 0) is 71.2 Å². The van der Waals surface area contributed by atoms with E-state index in [-0.39, 0.29) is 56.1 Å². The predicted octanol–water partition coefficient (Wildman–Crippen LogP) is 6.34. The highest BCUT2D eigenvalue weighted by Gasteiger charge is 2.61. The summed E-state index contributed by atoms with van der Waals surface area (Å²) in [7, 11) is -2.27. The number of pyridine rings is 1. The number of amides is 2. The van der Waals surface area contributed by atoms with Gasteiger partial charge in [-0.2, -0.15) is 0 Å². The van der Waals surface area contributed by atoms with E-state index in [1.807, 2.05) is 83.1 Å². The minimum atomic E-state index is -3.85. The number of nitrogens with zero attached hydrogens (tertiary/aromatic N) is 2. The number of likely N-dealkylation sites (tertiary alicyclic amines) is 1. The molecule has 5 atom stereocenters. The number of carbonyl (C=O) groups excluding carboxylic acids is 4. The molecule has 2 aliphatic carbocycles. The lowest BCUT2D eigenvalue weighted by Gasteiger charge is -2.35. The van der Waals surface area contributed by atoms with E-state index in [1.54, 1.807) is 25.4 Å². The number of ether oxygens (including phenoxy) is 2. The van der Waals surface area contributed by atoms with Crippen molar-refractivity contribution in [1.82, 2.24) is 14.6 Å². The second-order valence-corrected chi connectivity index (χ2v) is 19.3. The van der Waals surface area contributed by atoms with Gasteiger partial charge in [0.2, 0.25) is 27.7 Å². The van der Waals surface area contributed by atoms with Crippen LogP contribution in [0.2, 0.25) is 0 Å². The number of rotatable bonds is 16. The Labute approximate surface area is 324 Å². The summed E-state index contributed by atoms with van der Waals surface area (Å²) in [5.74, 6) is -1.63. The van der Waals surface area contributed by atoms with E-state index >= 15 is 0 Å². The number of allylic oxidation sites excluding steroid dienone is 1. The lowest BCUT2D eigenvalue weighted by molar-refractivity contribution is -0.146. The van der Waals surface area contributed by atoms with Gasteiger partial charge in [-0.3, -0.25) is 23.9 Å². The van der Waals surface area contributed by atoms with E-state index in [9.17, 15) is 27.6 Å². The molecule has 3 fully saturated rings. The van der Waals surface area contributed by atoms with Crippen molar-refractivity contribution in [2.45, 2.75) is 102 Å². The molecule has 12 heteroatoms. The van der Waals surface area contributed by atoms with E-state index in [0.29, 0.717) is 24.5 Å². The minimum Gasteiger partial charge on any atom is -0.497 e. The monoisotopic (exact) mass is 771 g/mol. The number of Topliss-reactive ketones (excluding diaryl/α,β-unsaturated/α-hetero) is 2. The van der Waals surface area contributed by atoms with Gasteiger partial charge in [-0.1, -0.05) is 71.0 Å². The molecule has 0 radical (unpaired) electrons. The Bertz CT molecular complexity index is 2090. The third kappa shape index (κ3) is 8.64. The quantitative estimate of drug-likeness (QED) is 0.165. The maximum Gasteiger partial charge on any atom is 0.240 e.